The largest absolute Gasteiger partial charge is 0.347 e. The Bertz CT molecular complexity index is 490. The molecule has 1 aliphatic carbocycles. The molecule has 102 valence electrons. The number of nitrogens with zero attached hydrogens (tertiary/aromatic N) is 2. The highest BCUT2D eigenvalue weighted by Crippen LogP contribution is 2.17. The third-order valence-corrected chi connectivity index (χ3v) is 2.77. The van der Waals surface area contributed by atoms with Gasteiger partial charge in [0.1, 0.15) is 0 Å². The van der Waals surface area contributed by atoms with Crippen molar-refractivity contribution in [3.63, 3.8) is 0 Å². The van der Waals surface area contributed by atoms with Crippen LogP contribution in [-0.2, 0) is 4.79 Å². The number of amides is 1. The van der Waals surface area contributed by atoms with Crippen LogP contribution in [0.15, 0.2) is 12.4 Å². The first-order chi connectivity index (χ1) is 8.85. The van der Waals surface area contributed by atoms with E-state index in [4.69, 9.17) is 0 Å². The molecule has 0 saturated heterocycles. The van der Waals surface area contributed by atoms with Gasteiger partial charge >= 0.3 is 0 Å². The average Bonchev–Trinajstić information content (AvgIpc) is 2.33. The molecule has 19 heavy (non-hydrogen) atoms. The number of hydrogen-bond donors (Lipinski definition) is 2. The Morgan fingerprint density at radius 1 is 1.32 bits per heavy atom. The van der Waals surface area contributed by atoms with Crippen molar-refractivity contribution in [3.8, 4) is 0 Å². The van der Waals surface area contributed by atoms with Gasteiger partial charge in [0.05, 0.1) is 11.6 Å². The molecule has 0 spiro atoms. The maximum absolute atomic E-state index is 11.8. The standard InChI is InChI=1S/C13H18N4O2/c1-13(2,3)17-11(19)8-6-14-12(15-7-8)16-9-4-5-10(9)18/h6-7,9H,4-5H2,1-3H3,(H,17,19)(H,14,15,16). The molecule has 0 aromatic carbocycles. The van der Waals surface area contributed by atoms with Gasteiger partial charge in [-0.25, -0.2) is 9.97 Å². The van der Waals surface area contributed by atoms with E-state index >= 15 is 0 Å². The fourth-order valence-corrected chi connectivity index (χ4v) is 1.65. The Labute approximate surface area is 112 Å². The van der Waals surface area contributed by atoms with Crippen molar-refractivity contribution >= 4 is 17.6 Å². The third-order valence-electron chi connectivity index (χ3n) is 2.77. The van der Waals surface area contributed by atoms with E-state index in [1.807, 2.05) is 20.8 Å². The smallest absolute Gasteiger partial charge is 0.254 e. The maximum atomic E-state index is 11.8. The van der Waals surface area contributed by atoms with Crippen LogP contribution in [0.1, 0.15) is 44.0 Å². The van der Waals surface area contributed by atoms with Crippen LogP contribution in [-0.4, -0.2) is 33.2 Å². The van der Waals surface area contributed by atoms with E-state index in [1.165, 1.54) is 12.4 Å². The second-order valence-corrected chi connectivity index (χ2v) is 5.70. The fraction of sp³-hybridized carbons (Fsp3) is 0.538. The van der Waals surface area contributed by atoms with Gasteiger partial charge in [0.2, 0.25) is 5.95 Å². The highest BCUT2D eigenvalue weighted by Gasteiger charge is 2.28. The van der Waals surface area contributed by atoms with Crippen LogP contribution in [0.4, 0.5) is 5.95 Å². The monoisotopic (exact) mass is 262 g/mol. The summed E-state index contributed by atoms with van der Waals surface area (Å²) in [6.07, 6.45) is 4.34. The van der Waals surface area contributed by atoms with Crippen LogP contribution in [0.25, 0.3) is 0 Å². The molecule has 1 aromatic rings. The second-order valence-electron chi connectivity index (χ2n) is 5.70. The summed E-state index contributed by atoms with van der Waals surface area (Å²) in [6, 6.07) is -0.172. The number of hydrogen-bond acceptors (Lipinski definition) is 5. The quantitative estimate of drug-likeness (QED) is 0.853. The van der Waals surface area contributed by atoms with E-state index in [-0.39, 0.29) is 23.3 Å². The lowest BCUT2D eigenvalue weighted by atomic mass is 9.91. The molecule has 1 amide bonds. The molecule has 1 unspecified atom stereocenters. The van der Waals surface area contributed by atoms with Gasteiger partial charge in [0, 0.05) is 24.4 Å². The molecule has 1 aliphatic rings. The number of anilines is 1. The minimum atomic E-state index is -0.299. The van der Waals surface area contributed by atoms with Crippen molar-refractivity contribution in [2.75, 3.05) is 5.32 Å². The summed E-state index contributed by atoms with van der Waals surface area (Å²) in [5.41, 5.74) is 0.104. The third kappa shape index (κ3) is 3.49. The van der Waals surface area contributed by atoms with Gasteiger partial charge in [0.25, 0.3) is 5.91 Å². The second kappa shape index (κ2) is 4.95. The molecule has 0 bridgehead atoms. The summed E-state index contributed by atoms with van der Waals surface area (Å²) >= 11 is 0. The molecule has 6 nitrogen and oxygen atoms in total. The van der Waals surface area contributed by atoms with E-state index in [2.05, 4.69) is 20.6 Å². The van der Waals surface area contributed by atoms with Gasteiger partial charge in [-0.3, -0.25) is 9.59 Å². The molecule has 1 saturated carbocycles. The predicted molar refractivity (Wildman–Crippen MR) is 70.9 cm³/mol. The maximum Gasteiger partial charge on any atom is 0.254 e. The molecule has 1 heterocycles. The van der Waals surface area contributed by atoms with E-state index < -0.39 is 0 Å². The Hall–Kier alpha value is -1.98. The molecular formula is C13H18N4O2. The summed E-state index contributed by atoms with van der Waals surface area (Å²) in [6.45, 7) is 5.72. The van der Waals surface area contributed by atoms with E-state index in [0.717, 1.165) is 6.42 Å². The summed E-state index contributed by atoms with van der Waals surface area (Å²) in [7, 11) is 0. The summed E-state index contributed by atoms with van der Waals surface area (Å²) in [4.78, 5) is 31.1. The highest BCUT2D eigenvalue weighted by molar-refractivity contribution is 5.94. The molecule has 1 fully saturated rings. The van der Waals surface area contributed by atoms with Crippen LogP contribution < -0.4 is 10.6 Å². The van der Waals surface area contributed by atoms with Crippen molar-refractivity contribution in [1.82, 2.24) is 15.3 Å². The summed E-state index contributed by atoms with van der Waals surface area (Å²) in [5.74, 6) is 0.349. The van der Waals surface area contributed by atoms with Crippen molar-refractivity contribution in [2.24, 2.45) is 0 Å². The molecule has 1 aromatic heterocycles. The van der Waals surface area contributed by atoms with Crippen LogP contribution in [0.5, 0.6) is 0 Å². The van der Waals surface area contributed by atoms with Crippen molar-refractivity contribution < 1.29 is 9.59 Å². The number of ketones is 1. The van der Waals surface area contributed by atoms with Gasteiger partial charge in [-0.1, -0.05) is 0 Å². The van der Waals surface area contributed by atoms with Crippen molar-refractivity contribution in [2.45, 2.75) is 45.2 Å². The Balaban J connectivity index is 1.98. The summed E-state index contributed by atoms with van der Waals surface area (Å²) in [5, 5.41) is 5.77. The van der Waals surface area contributed by atoms with E-state index in [1.54, 1.807) is 0 Å². The zero-order valence-electron chi connectivity index (χ0n) is 11.4. The Morgan fingerprint density at radius 2 is 1.95 bits per heavy atom. The SMILES string of the molecule is CC(C)(C)NC(=O)c1cnc(NC2CCC2=O)nc1. The number of carbonyl (C=O) groups is 2. The van der Waals surface area contributed by atoms with Gasteiger partial charge in [0.15, 0.2) is 5.78 Å². The van der Waals surface area contributed by atoms with Crippen LogP contribution in [0, 0.1) is 0 Å². The van der Waals surface area contributed by atoms with E-state index in [9.17, 15) is 9.59 Å². The Morgan fingerprint density at radius 3 is 2.37 bits per heavy atom. The molecule has 6 heteroatoms. The zero-order chi connectivity index (χ0) is 14.0. The van der Waals surface area contributed by atoms with Crippen LogP contribution >= 0.6 is 0 Å². The number of rotatable bonds is 3. The highest BCUT2D eigenvalue weighted by atomic mass is 16.2. The Kier molecular flexibility index (Phi) is 3.50. The number of nitrogens with one attached hydrogen (secondary N) is 2. The normalized spacial score (nSPS) is 18.7. The first-order valence-corrected chi connectivity index (χ1v) is 6.29. The first kappa shape index (κ1) is 13.5. The lowest BCUT2D eigenvalue weighted by Crippen LogP contribution is -2.41. The summed E-state index contributed by atoms with van der Waals surface area (Å²) < 4.78 is 0. The fourth-order valence-electron chi connectivity index (χ4n) is 1.65. The lowest BCUT2D eigenvalue weighted by Gasteiger charge is -2.24. The number of aromatic nitrogens is 2. The van der Waals surface area contributed by atoms with Gasteiger partial charge in [-0.15, -0.1) is 0 Å². The van der Waals surface area contributed by atoms with Crippen LogP contribution in [0.3, 0.4) is 0 Å². The average molecular weight is 262 g/mol. The topological polar surface area (TPSA) is 84.0 Å². The minimum Gasteiger partial charge on any atom is -0.347 e. The molecule has 2 N–H and O–H groups in total. The molecule has 0 aliphatic heterocycles. The van der Waals surface area contributed by atoms with Gasteiger partial charge in [-0.05, 0) is 27.2 Å². The van der Waals surface area contributed by atoms with Crippen molar-refractivity contribution in [1.29, 1.82) is 0 Å². The zero-order valence-corrected chi connectivity index (χ0v) is 11.4. The molecule has 2 rings (SSSR count). The van der Waals surface area contributed by atoms with Gasteiger partial charge in [-0.2, -0.15) is 0 Å². The van der Waals surface area contributed by atoms with Gasteiger partial charge < -0.3 is 10.6 Å². The number of Topliss-reactive ketones (excluding diaryl/α,β-unsaturated/α-hetero) is 1. The minimum absolute atomic E-state index is 0.172. The lowest BCUT2D eigenvalue weighted by molar-refractivity contribution is -0.124. The van der Waals surface area contributed by atoms with E-state index in [0.29, 0.717) is 17.9 Å². The first-order valence-electron chi connectivity index (χ1n) is 6.29. The molecule has 1 atom stereocenters. The molecule has 0 radical (unpaired) electrons. The van der Waals surface area contributed by atoms with Crippen LogP contribution in [0.2, 0.25) is 0 Å². The predicted octanol–water partition coefficient (Wildman–Crippen LogP) is 1.15. The van der Waals surface area contributed by atoms with Crippen molar-refractivity contribution in [3.05, 3.63) is 18.0 Å². The molecular weight excluding hydrogens is 244 g/mol. The number of carbonyl (C=O) groups excluding carboxylic acids is 2.